The highest BCUT2D eigenvalue weighted by molar-refractivity contribution is 5.80. The fourth-order valence-corrected chi connectivity index (χ4v) is 5.06. The molecule has 7 nitrogen and oxygen atoms in total. The fraction of sp³-hybridized carbons (Fsp3) is 0.440. The molecule has 0 spiro atoms. The zero-order chi connectivity index (χ0) is 22.1. The van der Waals surface area contributed by atoms with Crippen molar-refractivity contribution in [2.24, 2.45) is 7.05 Å². The van der Waals surface area contributed by atoms with Gasteiger partial charge in [0.15, 0.2) is 0 Å². The van der Waals surface area contributed by atoms with Gasteiger partial charge in [-0.2, -0.15) is 5.10 Å². The first-order valence-corrected chi connectivity index (χ1v) is 11.6. The molecule has 1 atom stereocenters. The number of hydrogen-bond donors (Lipinski definition) is 0. The van der Waals surface area contributed by atoms with Gasteiger partial charge in [0.05, 0.1) is 30.0 Å². The van der Waals surface area contributed by atoms with Gasteiger partial charge < -0.3 is 9.80 Å². The summed E-state index contributed by atoms with van der Waals surface area (Å²) in [6.07, 6.45) is 8.46. The van der Waals surface area contributed by atoms with E-state index in [1.807, 2.05) is 47.2 Å². The van der Waals surface area contributed by atoms with Gasteiger partial charge in [-0.3, -0.25) is 9.48 Å². The highest BCUT2D eigenvalue weighted by Gasteiger charge is 2.34. The molecular weight excluding hydrogens is 400 g/mol. The number of benzene rings is 1. The summed E-state index contributed by atoms with van der Waals surface area (Å²) in [5.41, 5.74) is 5.18. The molecule has 2 aliphatic rings. The Morgan fingerprint density at radius 3 is 2.78 bits per heavy atom. The van der Waals surface area contributed by atoms with E-state index in [2.05, 4.69) is 34.0 Å². The Balaban J connectivity index is 1.43. The van der Waals surface area contributed by atoms with Gasteiger partial charge in [0.2, 0.25) is 11.9 Å². The van der Waals surface area contributed by atoms with E-state index < -0.39 is 0 Å². The second-order valence-electron chi connectivity index (χ2n) is 8.91. The summed E-state index contributed by atoms with van der Waals surface area (Å²) in [5.74, 6) is 0.958. The van der Waals surface area contributed by atoms with Crippen LogP contribution in [0.1, 0.15) is 48.5 Å². The number of anilines is 1. The molecule has 1 aromatic carbocycles. The van der Waals surface area contributed by atoms with Gasteiger partial charge in [-0.25, -0.2) is 9.97 Å². The van der Waals surface area contributed by atoms with E-state index in [0.717, 1.165) is 60.9 Å². The molecule has 2 saturated heterocycles. The van der Waals surface area contributed by atoms with Crippen LogP contribution in [0.4, 0.5) is 5.95 Å². The molecular formula is C25H30N6O. The Bertz CT molecular complexity index is 1120. The fourth-order valence-electron chi connectivity index (χ4n) is 5.06. The molecule has 0 radical (unpaired) electrons. The van der Waals surface area contributed by atoms with Crippen LogP contribution in [0.2, 0.25) is 0 Å². The van der Waals surface area contributed by atoms with Crippen molar-refractivity contribution in [3.05, 3.63) is 59.5 Å². The Morgan fingerprint density at radius 1 is 1.12 bits per heavy atom. The summed E-state index contributed by atoms with van der Waals surface area (Å²) in [5, 5.41) is 4.56. The highest BCUT2D eigenvalue weighted by atomic mass is 16.2. The monoisotopic (exact) mass is 430 g/mol. The first kappa shape index (κ1) is 20.7. The van der Waals surface area contributed by atoms with Gasteiger partial charge in [0.1, 0.15) is 0 Å². The van der Waals surface area contributed by atoms with E-state index in [1.165, 1.54) is 18.4 Å². The zero-order valence-corrected chi connectivity index (χ0v) is 18.9. The summed E-state index contributed by atoms with van der Waals surface area (Å²) >= 11 is 0. The van der Waals surface area contributed by atoms with Crippen LogP contribution in [0.5, 0.6) is 0 Å². The topological polar surface area (TPSA) is 67.2 Å². The third-order valence-corrected chi connectivity index (χ3v) is 6.62. The average molecular weight is 431 g/mol. The number of hydrogen-bond acceptors (Lipinski definition) is 5. The minimum absolute atomic E-state index is 0.0139. The van der Waals surface area contributed by atoms with Crippen LogP contribution in [0, 0.1) is 6.92 Å². The van der Waals surface area contributed by atoms with Crippen molar-refractivity contribution in [1.82, 2.24) is 24.6 Å². The van der Waals surface area contributed by atoms with Gasteiger partial charge in [-0.15, -0.1) is 0 Å². The number of likely N-dealkylation sites (tertiary alicyclic amines) is 1. The molecule has 5 rings (SSSR count). The lowest BCUT2D eigenvalue weighted by Gasteiger charge is -2.26. The normalized spacial score (nSPS) is 18.5. The molecule has 4 heterocycles. The van der Waals surface area contributed by atoms with Crippen LogP contribution < -0.4 is 4.90 Å². The van der Waals surface area contributed by atoms with Crippen molar-refractivity contribution < 1.29 is 4.79 Å². The van der Waals surface area contributed by atoms with Crippen molar-refractivity contribution in [3.8, 4) is 11.3 Å². The van der Waals surface area contributed by atoms with Gasteiger partial charge in [-0.05, 0) is 44.2 Å². The lowest BCUT2D eigenvalue weighted by molar-refractivity contribution is -0.131. The van der Waals surface area contributed by atoms with E-state index in [-0.39, 0.29) is 11.9 Å². The zero-order valence-electron chi connectivity index (χ0n) is 18.9. The second kappa shape index (κ2) is 8.73. The minimum atomic E-state index is 0.0139. The third kappa shape index (κ3) is 3.99. The van der Waals surface area contributed by atoms with E-state index in [0.29, 0.717) is 6.42 Å². The van der Waals surface area contributed by atoms with Crippen LogP contribution >= 0.6 is 0 Å². The molecule has 166 valence electrons. The predicted octanol–water partition coefficient (Wildman–Crippen LogP) is 3.69. The van der Waals surface area contributed by atoms with E-state index in [1.54, 1.807) is 0 Å². The van der Waals surface area contributed by atoms with E-state index in [9.17, 15) is 4.79 Å². The van der Waals surface area contributed by atoms with Crippen molar-refractivity contribution in [1.29, 1.82) is 0 Å². The molecule has 1 amide bonds. The van der Waals surface area contributed by atoms with Crippen LogP contribution in [0.15, 0.2) is 42.7 Å². The van der Waals surface area contributed by atoms with Crippen molar-refractivity contribution in [2.45, 2.75) is 45.1 Å². The summed E-state index contributed by atoms with van der Waals surface area (Å²) < 4.78 is 1.91. The molecule has 2 fully saturated rings. The molecule has 3 aromatic rings. The number of carbonyl (C=O) groups is 1. The van der Waals surface area contributed by atoms with Crippen LogP contribution in [-0.4, -0.2) is 50.2 Å². The Labute approximate surface area is 189 Å². The molecule has 0 unspecified atom stereocenters. The summed E-state index contributed by atoms with van der Waals surface area (Å²) in [6, 6.07) is 10.2. The molecule has 32 heavy (non-hydrogen) atoms. The Hall–Kier alpha value is -3.22. The molecule has 0 saturated carbocycles. The maximum absolute atomic E-state index is 13.3. The summed E-state index contributed by atoms with van der Waals surface area (Å²) in [7, 11) is 1.96. The number of rotatable bonds is 5. The molecule has 2 aromatic heterocycles. The first-order chi connectivity index (χ1) is 15.6. The average Bonchev–Trinajstić information content (AvgIpc) is 3.54. The maximum atomic E-state index is 13.3. The maximum Gasteiger partial charge on any atom is 0.227 e. The molecule has 2 aliphatic heterocycles. The SMILES string of the molecule is Cc1cccc(CC(=O)N2CCC[C@H]2c2c(-c3ccnc(N4CCCC4)n3)cnn2C)c1. The number of amides is 1. The van der Waals surface area contributed by atoms with Gasteiger partial charge in [0, 0.05) is 38.4 Å². The largest absolute Gasteiger partial charge is 0.341 e. The van der Waals surface area contributed by atoms with Gasteiger partial charge in [-0.1, -0.05) is 29.8 Å². The highest BCUT2D eigenvalue weighted by Crippen LogP contribution is 2.37. The number of nitrogens with zero attached hydrogens (tertiary/aromatic N) is 6. The van der Waals surface area contributed by atoms with Crippen LogP contribution in [-0.2, 0) is 18.3 Å². The standard InChI is InChI=1S/C25H30N6O/c1-18-7-5-8-19(15-18)16-23(32)31-14-6-9-22(31)24-20(17-27-29(24)2)21-10-11-26-25(28-21)30-12-3-4-13-30/h5,7-8,10-11,15,17,22H,3-4,6,9,12-14,16H2,1-2H3/t22-/m0/s1. The van der Waals surface area contributed by atoms with E-state index >= 15 is 0 Å². The quantitative estimate of drug-likeness (QED) is 0.618. The Kier molecular flexibility index (Phi) is 5.64. The second-order valence-corrected chi connectivity index (χ2v) is 8.91. The number of aromatic nitrogens is 4. The molecule has 0 N–H and O–H groups in total. The lowest BCUT2D eigenvalue weighted by atomic mass is 10.0. The van der Waals surface area contributed by atoms with Gasteiger partial charge >= 0.3 is 0 Å². The van der Waals surface area contributed by atoms with Crippen LogP contribution in [0.3, 0.4) is 0 Å². The predicted molar refractivity (Wildman–Crippen MR) is 124 cm³/mol. The minimum Gasteiger partial charge on any atom is -0.341 e. The number of carbonyl (C=O) groups excluding carboxylic acids is 1. The van der Waals surface area contributed by atoms with Crippen molar-refractivity contribution in [2.75, 3.05) is 24.5 Å². The first-order valence-electron chi connectivity index (χ1n) is 11.6. The smallest absolute Gasteiger partial charge is 0.227 e. The summed E-state index contributed by atoms with van der Waals surface area (Å²) in [6.45, 7) is 4.86. The van der Waals surface area contributed by atoms with Crippen LogP contribution in [0.25, 0.3) is 11.3 Å². The third-order valence-electron chi connectivity index (χ3n) is 6.62. The van der Waals surface area contributed by atoms with Crippen molar-refractivity contribution >= 4 is 11.9 Å². The molecule has 7 heteroatoms. The lowest BCUT2D eigenvalue weighted by Crippen LogP contribution is -2.33. The number of aryl methyl sites for hydroxylation is 2. The van der Waals surface area contributed by atoms with E-state index in [4.69, 9.17) is 4.98 Å². The van der Waals surface area contributed by atoms with Crippen molar-refractivity contribution in [3.63, 3.8) is 0 Å². The Morgan fingerprint density at radius 2 is 1.97 bits per heavy atom. The summed E-state index contributed by atoms with van der Waals surface area (Å²) in [4.78, 5) is 26.9. The molecule has 0 bridgehead atoms. The van der Waals surface area contributed by atoms with Gasteiger partial charge in [0.25, 0.3) is 0 Å². The molecule has 0 aliphatic carbocycles.